The topological polar surface area (TPSA) is 52.6 Å². The molecule has 0 amide bonds. The third-order valence-electron chi connectivity index (χ3n) is 3.73. The fraction of sp³-hybridized carbons (Fsp3) is 0.600. The second-order valence-corrected chi connectivity index (χ2v) is 4.75. The quantitative estimate of drug-likeness (QED) is 0.421. The standard InChI is InChI=1S/C15H22O4/c1-4-5-11-15(13(16)18-2,14(17)19-3)12-9-7-6-8-10-12/h4,7,9,12H,1,5-6,8,10-11H2,2-3H3. The molecule has 0 aromatic rings. The molecule has 0 bridgehead atoms. The van der Waals surface area contributed by atoms with Gasteiger partial charge in [0.15, 0.2) is 5.41 Å². The fourth-order valence-corrected chi connectivity index (χ4v) is 2.69. The van der Waals surface area contributed by atoms with E-state index in [-0.39, 0.29) is 5.92 Å². The van der Waals surface area contributed by atoms with E-state index < -0.39 is 17.4 Å². The van der Waals surface area contributed by atoms with E-state index in [1.807, 2.05) is 12.2 Å². The maximum Gasteiger partial charge on any atom is 0.323 e. The molecule has 4 heteroatoms. The van der Waals surface area contributed by atoms with Crippen LogP contribution in [-0.4, -0.2) is 26.2 Å². The van der Waals surface area contributed by atoms with E-state index in [9.17, 15) is 9.59 Å². The molecule has 0 fully saturated rings. The highest BCUT2D eigenvalue weighted by atomic mass is 16.5. The van der Waals surface area contributed by atoms with Crippen molar-refractivity contribution < 1.29 is 19.1 Å². The Morgan fingerprint density at radius 3 is 2.42 bits per heavy atom. The van der Waals surface area contributed by atoms with Gasteiger partial charge in [0.05, 0.1) is 14.2 Å². The maximum atomic E-state index is 12.2. The molecular weight excluding hydrogens is 244 g/mol. The summed E-state index contributed by atoms with van der Waals surface area (Å²) in [5.41, 5.74) is -1.24. The van der Waals surface area contributed by atoms with Crippen molar-refractivity contribution in [1.82, 2.24) is 0 Å². The molecule has 0 radical (unpaired) electrons. The molecule has 0 heterocycles. The second-order valence-electron chi connectivity index (χ2n) is 4.75. The van der Waals surface area contributed by atoms with Crippen LogP contribution in [0.5, 0.6) is 0 Å². The molecule has 0 aromatic heterocycles. The van der Waals surface area contributed by atoms with Gasteiger partial charge in [0.25, 0.3) is 0 Å². The molecule has 19 heavy (non-hydrogen) atoms. The van der Waals surface area contributed by atoms with Gasteiger partial charge < -0.3 is 9.47 Å². The summed E-state index contributed by atoms with van der Waals surface area (Å²) in [6.45, 7) is 3.66. The number of methoxy groups -OCH3 is 2. The summed E-state index contributed by atoms with van der Waals surface area (Å²) in [6, 6.07) is 0. The Kier molecular flexibility index (Phi) is 5.80. The molecule has 0 N–H and O–H groups in total. The SMILES string of the molecule is C=CCCC(C(=O)OC)(C(=O)OC)C1C=CCCC1. The molecule has 0 aromatic carbocycles. The molecule has 1 unspecified atom stereocenters. The van der Waals surface area contributed by atoms with E-state index in [4.69, 9.17) is 9.47 Å². The van der Waals surface area contributed by atoms with Crippen LogP contribution in [0.3, 0.4) is 0 Å². The molecular formula is C15H22O4. The van der Waals surface area contributed by atoms with E-state index in [0.29, 0.717) is 12.8 Å². The fourth-order valence-electron chi connectivity index (χ4n) is 2.69. The van der Waals surface area contributed by atoms with E-state index in [1.165, 1.54) is 14.2 Å². The summed E-state index contributed by atoms with van der Waals surface area (Å²) in [5, 5.41) is 0. The minimum atomic E-state index is -1.24. The van der Waals surface area contributed by atoms with Crippen LogP contribution in [0.4, 0.5) is 0 Å². The molecule has 1 aliphatic rings. The Balaban J connectivity index is 3.19. The van der Waals surface area contributed by atoms with Gasteiger partial charge in [-0.1, -0.05) is 18.2 Å². The Morgan fingerprint density at radius 1 is 1.37 bits per heavy atom. The smallest absolute Gasteiger partial charge is 0.323 e. The number of rotatable bonds is 6. The van der Waals surface area contributed by atoms with Gasteiger partial charge in [0.2, 0.25) is 0 Å². The Morgan fingerprint density at radius 2 is 2.00 bits per heavy atom. The number of hydrogen-bond acceptors (Lipinski definition) is 4. The van der Waals surface area contributed by atoms with Crippen molar-refractivity contribution in [1.29, 1.82) is 0 Å². The highest BCUT2D eigenvalue weighted by Crippen LogP contribution is 2.41. The average molecular weight is 266 g/mol. The van der Waals surface area contributed by atoms with Gasteiger partial charge in [-0.3, -0.25) is 9.59 Å². The molecule has 4 nitrogen and oxygen atoms in total. The minimum absolute atomic E-state index is 0.166. The highest BCUT2D eigenvalue weighted by molar-refractivity contribution is 6.00. The predicted octanol–water partition coefficient (Wildman–Crippen LogP) is 2.64. The zero-order valence-electron chi connectivity index (χ0n) is 11.7. The first kappa shape index (κ1) is 15.5. The zero-order valence-corrected chi connectivity index (χ0v) is 11.7. The van der Waals surface area contributed by atoms with Crippen molar-refractivity contribution in [3.05, 3.63) is 24.8 Å². The Bertz CT molecular complexity index is 354. The van der Waals surface area contributed by atoms with Crippen LogP contribution in [0.15, 0.2) is 24.8 Å². The van der Waals surface area contributed by atoms with E-state index in [1.54, 1.807) is 6.08 Å². The second kappa shape index (κ2) is 7.12. The van der Waals surface area contributed by atoms with Crippen LogP contribution < -0.4 is 0 Å². The number of hydrogen-bond donors (Lipinski definition) is 0. The lowest BCUT2D eigenvalue weighted by atomic mass is 9.68. The van der Waals surface area contributed by atoms with E-state index in [0.717, 1.165) is 19.3 Å². The number of ether oxygens (including phenoxy) is 2. The largest absolute Gasteiger partial charge is 0.468 e. The molecule has 106 valence electrons. The zero-order chi connectivity index (χ0) is 14.3. The highest BCUT2D eigenvalue weighted by Gasteiger charge is 2.52. The normalized spacial score (nSPS) is 18.7. The Labute approximate surface area is 114 Å². The van der Waals surface area contributed by atoms with Crippen LogP contribution in [0.1, 0.15) is 32.1 Å². The first-order valence-electron chi connectivity index (χ1n) is 6.57. The third kappa shape index (κ3) is 3.06. The van der Waals surface area contributed by atoms with Crippen molar-refractivity contribution in [2.75, 3.05) is 14.2 Å². The van der Waals surface area contributed by atoms with Gasteiger partial charge in [-0.2, -0.15) is 0 Å². The average Bonchev–Trinajstić information content (AvgIpc) is 2.48. The lowest BCUT2D eigenvalue weighted by Gasteiger charge is -2.35. The molecule has 0 spiro atoms. The molecule has 0 saturated heterocycles. The van der Waals surface area contributed by atoms with Gasteiger partial charge in [-0.15, -0.1) is 6.58 Å². The summed E-state index contributed by atoms with van der Waals surface area (Å²) in [6.07, 6.45) is 9.33. The first-order valence-corrected chi connectivity index (χ1v) is 6.57. The van der Waals surface area contributed by atoms with Crippen molar-refractivity contribution in [2.24, 2.45) is 11.3 Å². The van der Waals surface area contributed by atoms with Crippen LogP contribution >= 0.6 is 0 Å². The number of esters is 2. The predicted molar refractivity (Wildman–Crippen MR) is 72.4 cm³/mol. The summed E-state index contributed by atoms with van der Waals surface area (Å²) in [5.74, 6) is -1.20. The van der Waals surface area contributed by atoms with Crippen LogP contribution in [0.2, 0.25) is 0 Å². The molecule has 0 saturated carbocycles. The molecule has 0 aliphatic heterocycles. The van der Waals surface area contributed by atoms with Gasteiger partial charge in [-0.25, -0.2) is 0 Å². The van der Waals surface area contributed by atoms with Gasteiger partial charge in [-0.05, 0) is 32.1 Å². The van der Waals surface area contributed by atoms with Crippen LogP contribution in [0, 0.1) is 11.3 Å². The Hall–Kier alpha value is -1.58. The molecule has 1 atom stereocenters. The van der Waals surface area contributed by atoms with Gasteiger partial charge >= 0.3 is 11.9 Å². The van der Waals surface area contributed by atoms with E-state index >= 15 is 0 Å². The summed E-state index contributed by atoms with van der Waals surface area (Å²) in [4.78, 5) is 24.5. The van der Waals surface area contributed by atoms with Crippen molar-refractivity contribution >= 4 is 11.9 Å². The lowest BCUT2D eigenvalue weighted by Crippen LogP contribution is -2.47. The lowest BCUT2D eigenvalue weighted by molar-refractivity contribution is -0.173. The summed E-state index contributed by atoms with van der Waals surface area (Å²) >= 11 is 0. The number of carbonyl (C=O) groups is 2. The van der Waals surface area contributed by atoms with Crippen LogP contribution in [0.25, 0.3) is 0 Å². The van der Waals surface area contributed by atoms with Crippen molar-refractivity contribution in [3.63, 3.8) is 0 Å². The minimum Gasteiger partial charge on any atom is -0.468 e. The summed E-state index contributed by atoms with van der Waals surface area (Å²) in [7, 11) is 2.61. The van der Waals surface area contributed by atoms with Crippen LogP contribution in [-0.2, 0) is 19.1 Å². The van der Waals surface area contributed by atoms with Crippen molar-refractivity contribution in [3.8, 4) is 0 Å². The van der Waals surface area contributed by atoms with Crippen molar-refractivity contribution in [2.45, 2.75) is 32.1 Å². The number of carbonyl (C=O) groups excluding carboxylic acids is 2. The molecule has 1 aliphatic carbocycles. The third-order valence-corrected chi connectivity index (χ3v) is 3.73. The van der Waals surface area contributed by atoms with Gasteiger partial charge in [0, 0.05) is 5.92 Å². The van der Waals surface area contributed by atoms with Gasteiger partial charge in [0.1, 0.15) is 0 Å². The monoisotopic (exact) mass is 266 g/mol. The number of allylic oxidation sites excluding steroid dienone is 3. The van der Waals surface area contributed by atoms with E-state index in [2.05, 4.69) is 6.58 Å². The maximum absolute atomic E-state index is 12.2. The summed E-state index contributed by atoms with van der Waals surface area (Å²) < 4.78 is 9.76. The molecule has 1 rings (SSSR count). The first-order chi connectivity index (χ1) is 9.13.